The molecule has 0 aromatic heterocycles. The van der Waals surface area contributed by atoms with Crippen molar-refractivity contribution in [2.75, 3.05) is 4.90 Å². The molecule has 51 heavy (non-hydrogen) atoms. The number of aryl methyl sites for hydroxylation is 1. The Morgan fingerprint density at radius 2 is 0.902 bits per heavy atom. The van der Waals surface area contributed by atoms with Gasteiger partial charge in [0.05, 0.1) is 5.69 Å². The summed E-state index contributed by atoms with van der Waals surface area (Å²) in [5.74, 6) is 0.113. The molecule has 9 aromatic carbocycles. The molecule has 0 fully saturated rings. The van der Waals surface area contributed by atoms with Crippen LogP contribution in [0.5, 0.6) is 0 Å². The van der Waals surface area contributed by atoms with E-state index in [1.807, 2.05) is 0 Å². The summed E-state index contributed by atoms with van der Waals surface area (Å²) in [6.45, 7) is 2.25. The first kappa shape index (κ1) is 30.6. The zero-order valence-corrected chi connectivity index (χ0v) is 28.6. The van der Waals surface area contributed by atoms with Gasteiger partial charge in [0.25, 0.3) is 0 Å². The average molecular weight is 652 g/mol. The number of nitrogens with zero attached hydrogens (tertiary/aromatic N) is 1. The SMILES string of the molecule is Cc1cc(N(c2ccc3ccc4ccccc4c3c2)c2cccc3ccccc23)ccc1-c1ccccc1C(c1ccccc1)c1ccccc1. The fourth-order valence-electron chi connectivity index (χ4n) is 7.89. The molecule has 0 spiro atoms. The second-order valence-electron chi connectivity index (χ2n) is 13.4. The van der Waals surface area contributed by atoms with Gasteiger partial charge in [0.15, 0.2) is 0 Å². The highest BCUT2D eigenvalue weighted by molar-refractivity contribution is 6.09. The van der Waals surface area contributed by atoms with E-state index in [1.165, 1.54) is 65.7 Å². The van der Waals surface area contributed by atoms with E-state index >= 15 is 0 Å². The minimum absolute atomic E-state index is 0.113. The third-order valence-corrected chi connectivity index (χ3v) is 10.3. The molecule has 0 aliphatic heterocycles. The number of hydrogen-bond acceptors (Lipinski definition) is 1. The Bertz CT molecular complexity index is 2610. The van der Waals surface area contributed by atoms with Crippen molar-refractivity contribution in [3.8, 4) is 11.1 Å². The molecule has 9 rings (SSSR count). The van der Waals surface area contributed by atoms with Crippen LogP contribution < -0.4 is 4.90 Å². The maximum Gasteiger partial charge on any atom is 0.0540 e. The van der Waals surface area contributed by atoms with Gasteiger partial charge in [0.1, 0.15) is 0 Å². The molecule has 242 valence electrons. The summed E-state index contributed by atoms with van der Waals surface area (Å²) in [4.78, 5) is 2.43. The molecule has 0 saturated carbocycles. The average Bonchev–Trinajstić information content (AvgIpc) is 3.19. The maximum atomic E-state index is 2.43. The molecular weight excluding hydrogens is 615 g/mol. The summed E-state index contributed by atoms with van der Waals surface area (Å²) in [7, 11) is 0. The lowest BCUT2D eigenvalue weighted by molar-refractivity contribution is 0.979. The normalized spacial score (nSPS) is 11.4. The summed E-state index contributed by atoms with van der Waals surface area (Å²) < 4.78 is 0. The van der Waals surface area contributed by atoms with Gasteiger partial charge in [-0.3, -0.25) is 0 Å². The second kappa shape index (κ2) is 13.1. The monoisotopic (exact) mass is 651 g/mol. The van der Waals surface area contributed by atoms with E-state index in [9.17, 15) is 0 Å². The first-order valence-electron chi connectivity index (χ1n) is 17.7. The summed E-state index contributed by atoms with van der Waals surface area (Å²) in [5.41, 5.74) is 11.0. The van der Waals surface area contributed by atoms with Gasteiger partial charge in [-0.1, -0.05) is 170 Å². The summed E-state index contributed by atoms with van der Waals surface area (Å²) in [5, 5.41) is 7.46. The molecule has 0 bridgehead atoms. The minimum Gasteiger partial charge on any atom is -0.310 e. The summed E-state index contributed by atoms with van der Waals surface area (Å²) >= 11 is 0. The van der Waals surface area contributed by atoms with Crippen LogP contribution in [0.25, 0.3) is 43.4 Å². The van der Waals surface area contributed by atoms with Crippen molar-refractivity contribution in [2.45, 2.75) is 12.8 Å². The smallest absolute Gasteiger partial charge is 0.0540 e. The Morgan fingerprint density at radius 3 is 1.63 bits per heavy atom. The highest BCUT2D eigenvalue weighted by Gasteiger charge is 2.22. The molecule has 0 amide bonds. The van der Waals surface area contributed by atoms with Crippen LogP contribution in [-0.2, 0) is 0 Å². The second-order valence-corrected chi connectivity index (χ2v) is 13.4. The summed E-state index contributed by atoms with van der Waals surface area (Å²) in [6.07, 6.45) is 0. The highest BCUT2D eigenvalue weighted by Crippen LogP contribution is 2.44. The lowest BCUT2D eigenvalue weighted by atomic mass is 9.81. The predicted octanol–water partition coefficient (Wildman–Crippen LogP) is 13.8. The Labute approximate surface area is 299 Å². The van der Waals surface area contributed by atoms with E-state index in [-0.39, 0.29) is 5.92 Å². The predicted molar refractivity (Wildman–Crippen MR) is 218 cm³/mol. The van der Waals surface area contributed by atoms with E-state index in [0.717, 1.165) is 17.1 Å². The van der Waals surface area contributed by atoms with Crippen LogP contribution in [0.2, 0.25) is 0 Å². The van der Waals surface area contributed by atoms with Gasteiger partial charge in [0.2, 0.25) is 0 Å². The molecule has 1 heteroatoms. The van der Waals surface area contributed by atoms with E-state index < -0.39 is 0 Å². The molecule has 0 aliphatic carbocycles. The van der Waals surface area contributed by atoms with Crippen LogP contribution in [-0.4, -0.2) is 0 Å². The first-order valence-corrected chi connectivity index (χ1v) is 17.7. The third kappa shape index (κ3) is 5.63. The zero-order chi connectivity index (χ0) is 34.1. The van der Waals surface area contributed by atoms with Crippen LogP contribution >= 0.6 is 0 Å². The lowest BCUT2D eigenvalue weighted by Gasteiger charge is -2.28. The van der Waals surface area contributed by atoms with Crippen LogP contribution in [0.3, 0.4) is 0 Å². The Hall–Kier alpha value is -6.44. The third-order valence-electron chi connectivity index (χ3n) is 10.3. The molecule has 0 heterocycles. The van der Waals surface area contributed by atoms with E-state index in [4.69, 9.17) is 0 Å². The first-order chi connectivity index (χ1) is 25.2. The minimum atomic E-state index is 0.113. The molecule has 9 aromatic rings. The lowest BCUT2D eigenvalue weighted by Crippen LogP contribution is -2.11. The highest BCUT2D eigenvalue weighted by atomic mass is 15.1. The Morgan fingerprint density at radius 1 is 0.373 bits per heavy atom. The Balaban J connectivity index is 1.22. The van der Waals surface area contributed by atoms with Crippen molar-refractivity contribution in [1.29, 1.82) is 0 Å². The molecule has 0 unspecified atom stereocenters. The standard InChI is InChI=1S/C50H37N/c1-35-33-41(31-32-43(35)46-24-12-13-25-47(46)50(39-17-4-2-5-18-39)40-19-6-3-7-20-40)51(49-26-14-21-36-15-9-11-23-45(36)49)42-30-29-38-28-27-37-16-8-10-22-44(37)48(38)34-42/h2-34,50H,1H3. The van der Waals surface area contributed by atoms with Crippen molar-refractivity contribution in [3.05, 3.63) is 222 Å². The maximum absolute atomic E-state index is 2.43. The quantitative estimate of drug-likeness (QED) is 0.122. The van der Waals surface area contributed by atoms with Crippen LogP contribution in [0, 0.1) is 6.92 Å². The molecule has 0 aliphatic rings. The van der Waals surface area contributed by atoms with Gasteiger partial charge < -0.3 is 4.90 Å². The number of hydrogen-bond donors (Lipinski definition) is 0. The molecule has 1 nitrogen and oxygen atoms in total. The number of anilines is 3. The largest absolute Gasteiger partial charge is 0.310 e. The van der Waals surface area contributed by atoms with Crippen molar-refractivity contribution in [1.82, 2.24) is 0 Å². The van der Waals surface area contributed by atoms with Gasteiger partial charge in [-0.25, -0.2) is 0 Å². The van der Waals surface area contributed by atoms with Gasteiger partial charge in [-0.05, 0) is 97.6 Å². The van der Waals surface area contributed by atoms with Crippen molar-refractivity contribution in [3.63, 3.8) is 0 Å². The van der Waals surface area contributed by atoms with Gasteiger partial charge >= 0.3 is 0 Å². The summed E-state index contributed by atoms with van der Waals surface area (Å²) in [6, 6.07) is 73.0. The van der Waals surface area contributed by atoms with Gasteiger partial charge in [-0.2, -0.15) is 0 Å². The van der Waals surface area contributed by atoms with Crippen molar-refractivity contribution < 1.29 is 0 Å². The van der Waals surface area contributed by atoms with Gasteiger partial charge in [-0.15, -0.1) is 0 Å². The molecule has 0 atom stereocenters. The molecule has 0 saturated heterocycles. The van der Waals surface area contributed by atoms with Crippen molar-refractivity contribution in [2.24, 2.45) is 0 Å². The zero-order valence-electron chi connectivity index (χ0n) is 28.6. The Kier molecular flexibility index (Phi) is 7.87. The van der Waals surface area contributed by atoms with Crippen molar-refractivity contribution >= 4 is 49.4 Å². The van der Waals surface area contributed by atoms with Crippen LogP contribution in [0.15, 0.2) is 200 Å². The van der Waals surface area contributed by atoms with Gasteiger partial charge in [0, 0.05) is 22.7 Å². The fraction of sp³-hybridized carbons (Fsp3) is 0.0400. The number of fused-ring (bicyclic) bond motifs is 4. The number of rotatable bonds is 7. The van der Waals surface area contributed by atoms with Crippen LogP contribution in [0.4, 0.5) is 17.1 Å². The van der Waals surface area contributed by atoms with E-state index in [2.05, 4.69) is 212 Å². The topological polar surface area (TPSA) is 3.24 Å². The van der Waals surface area contributed by atoms with Crippen LogP contribution in [0.1, 0.15) is 28.2 Å². The van der Waals surface area contributed by atoms with E-state index in [1.54, 1.807) is 0 Å². The molecular formula is C50H37N. The molecule has 0 N–H and O–H groups in total. The number of benzene rings is 9. The van der Waals surface area contributed by atoms with E-state index in [0.29, 0.717) is 0 Å². The molecule has 0 radical (unpaired) electrons. The fourth-order valence-corrected chi connectivity index (χ4v) is 7.89.